The van der Waals surface area contributed by atoms with E-state index >= 15 is 0 Å². The lowest BCUT2D eigenvalue weighted by atomic mass is 10.1. The third-order valence-electron chi connectivity index (χ3n) is 3.50. The van der Waals surface area contributed by atoms with Crippen molar-refractivity contribution in [3.8, 4) is 0 Å². The number of hydrogen-bond donors (Lipinski definition) is 2. The molecule has 0 aromatic heterocycles. The molecule has 3 N–H and O–H groups in total. The summed E-state index contributed by atoms with van der Waals surface area (Å²) in [6, 6.07) is 16.4. The molecule has 0 heterocycles. The van der Waals surface area contributed by atoms with Crippen molar-refractivity contribution in [1.82, 2.24) is 0 Å². The topological polar surface area (TPSA) is 38.0 Å². The molecule has 106 valence electrons. The van der Waals surface area contributed by atoms with Gasteiger partial charge in [0.1, 0.15) is 0 Å². The van der Waals surface area contributed by atoms with Crippen LogP contribution in [0.4, 0.5) is 17.1 Å². The van der Waals surface area contributed by atoms with E-state index in [1.807, 2.05) is 25.1 Å². The standard InChI is InChI=1S/C17H14Br2N2/c1-10-8-17(14(19)9-15(10)20)21-16-7-6-13(18)11-4-2-3-5-12(11)16/h2-9,21H,20H2,1H3. The number of nitrogens with one attached hydrogen (secondary N) is 1. The van der Waals surface area contributed by atoms with Crippen molar-refractivity contribution in [3.63, 3.8) is 0 Å². The smallest absolute Gasteiger partial charge is 0.0533 e. The molecule has 0 atom stereocenters. The minimum atomic E-state index is 0.785. The summed E-state index contributed by atoms with van der Waals surface area (Å²) in [5.41, 5.74) is 9.85. The molecule has 21 heavy (non-hydrogen) atoms. The first kappa shape index (κ1) is 14.4. The monoisotopic (exact) mass is 404 g/mol. The maximum Gasteiger partial charge on any atom is 0.0533 e. The van der Waals surface area contributed by atoms with Gasteiger partial charge in [-0.3, -0.25) is 0 Å². The van der Waals surface area contributed by atoms with Gasteiger partial charge >= 0.3 is 0 Å². The van der Waals surface area contributed by atoms with Crippen LogP contribution in [0.3, 0.4) is 0 Å². The van der Waals surface area contributed by atoms with Crippen molar-refractivity contribution in [2.45, 2.75) is 6.92 Å². The molecule has 2 nitrogen and oxygen atoms in total. The summed E-state index contributed by atoms with van der Waals surface area (Å²) in [5.74, 6) is 0. The fraction of sp³-hybridized carbons (Fsp3) is 0.0588. The van der Waals surface area contributed by atoms with Crippen molar-refractivity contribution < 1.29 is 0 Å². The number of rotatable bonds is 2. The molecule has 0 aliphatic rings. The van der Waals surface area contributed by atoms with Gasteiger partial charge in [-0.05, 0) is 58.1 Å². The van der Waals surface area contributed by atoms with Gasteiger partial charge in [-0.25, -0.2) is 0 Å². The largest absolute Gasteiger partial charge is 0.398 e. The predicted molar refractivity (Wildman–Crippen MR) is 98.2 cm³/mol. The minimum absolute atomic E-state index is 0.785. The highest BCUT2D eigenvalue weighted by atomic mass is 79.9. The zero-order chi connectivity index (χ0) is 15.0. The summed E-state index contributed by atoms with van der Waals surface area (Å²) >= 11 is 7.16. The molecule has 3 rings (SSSR count). The summed E-state index contributed by atoms with van der Waals surface area (Å²) in [7, 11) is 0. The Morgan fingerprint density at radius 2 is 1.57 bits per heavy atom. The Hall–Kier alpha value is -1.52. The molecule has 0 amide bonds. The highest BCUT2D eigenvalue weighted by molar-refractivity contribution is 9.11. The van der Waals surface area contributed by atoms with Crippen LogP contribution in [0.15, 0.2) is 57.5 Å². The third-order valence-corrected chi connectivity index (χ3v) is 4.84. The SMILES string of the molecule is Cc1cc(Nc2ccc(Br)c3ccccc23)c(Br)cc1N. The van der Waals surface area contributed by atoms with Gasteiger partial charge in [0.05, 0.1) is 5.69 Å². The molecule has 0 unspecified atom stereocenters. The second kappa shape index (κ2) is 5.70. The molecular formula is C17H14Br2N2. The molecule has 0 saturated heterocycles. The molecule has 0 bridgehead atoms. The van der Waals surface area contributed by atoms with Crippen LogP contribution in [-0.4, -0.2) is 0 Å². The second-order valence-electron chi connectivity index (χ2n) is 4.95. The van der Waals surface area contributed by atoms with E-state index in [-0.39, 0.29) is 0 Å². The Labute approximate surface area is 140 Å². The maximum absolute atomic E-state index is 5.93. The number of fused-ring (bicyclic) bond motifs is 1. The molecule has 0 fully saturated rings. The first-order valence-corrected chi connectivity index (χ1v) is 8.15. The normalized spacial score (nSPS) is 10.8. The first-order valence-electron chi connectivity index (χ1n) is 6.56. The number of nitrogens with two attached hydrogens (primary N) is 1. The van der Waals surface area contributed by atoms with Gasteiger partial charge in [-0.15, -0.1) is 0 Å². The highest BCUT2D eigenvalue weighted by Crippen LogP contribution is 2.35. The van der Waals surface area contributed by atoms with E-state index in [1.165, 1.54) is 10.8 Å². The van der Waals surface area contributed by atoms with Crippen LogP contribution >= 0.6 is 31.9 Å². The number of anilines is 3. The minimum Gasteiger partial charge on any atom is -0.398 e. The lowest BCUT2D eigenvalue weighted by molar-refractivity contribution is 1.43. The van der Waals surface area contributed by atoms with E-state index in [9.17, 15) is 0 Å². The van der Waals surface area contributed by atoms with Gasteiger partial charge in [-0.2, -0.15) is 0 Å². The number of aryl methyl sites for hydroxylation is 1. The quantitative estimate of drug-likeness (QED) is 0.513. The number of hydrogen-bond acceptors (Lipinski definition) is 2. The average molecular weight is 406 g/mol. The Morgan fingerprint density at radius 1 is 0.857 bits per heavy atom. The zero-order valence-corrected chi connectivity index (χ0v) is 14.6. The van der Waals surface area contributed by atoms with Crippen LogP contribution in [0.2, 0.25) is 0 Å². The van der Waals surface area contributed by atoms with Gasteiger partial charge in [0.25, 0.3) is 0 Å². The first-order chi connectivity index (χ1) is 10.1. The third kappa shape index (κ3) is 2.78. The summed E-state index contributed by atoms with van der Waals surface area (Å²) in [6.07, 6.45) is 0. The Balaban J connectivity index is 2.11. The van der Waals surface area contributed by atoms with Crippen LogP contribution < -0.4 is 11.1 Å². The van der Waals surface area contributed by atoms with Crippen LogP contribution in [0.25, 0.3) is 10.8 Å². The van der Waals surface area contributed by atoms with Crippen LogP contribution in [-0.2, 0) is 0 Å². The lowest BCUT2D eigenvalue weighted by Crippen LogP contribution is -1.96. The predicted octanol–water partition coefficient (Wildman–Crippen LogP) is 6.00. The van der Waals surface area contributed by atoms with E-state index in [0.29, 0.717) is 0 Å². The maximum atomic E-state index is 5.93. The van der Waals surface area contributed by atoms with Gasteiger partial charge < -0.3 is 11.1 Å². The summed E-state index contributed by atoms with van der Waals surface area (Å²) < 4.78 is 2.05. The van der Waals surface area contributed by atoms with Crippen LogP contribution in [0.5, 0.6) is 0 Å². The van der Waals surface area contributed by atoms with Gasteiger partial charge in [0.15, 0.2) is 0 Å². The number of halogens is 2. The second-order valence-corrected chi connectivity index (χ2v) is 6.66. The molecule has 0 aliphatic carbocycles. The van der Waals surface area contributed by atoms with Crippen LogP contribution in [0.1, 0.15) is 5.56 Å². The molecular weight excluding hydrogens is 392 g/mol. The Kier molecular flexibility index (Phi) is 3.91. The van der Waals surface area contributed by atoms with E-state index < -0.39 is 0 Å². The van der Waals surface area contributed by atoms with Crippen molar-refractivity contribution in [1.29, 1.82) is 0 Å². The molecule has 0 radical (unpaired) electrons. The fourth-order valence-corrected chi connectivity index (χ4v) is 3.25. The molecule has 0 spiro atoms. The highest BCUT2D eigenvalue weighted by Gasteiger charge is 2.08. The Morgan fingerprint density at radius 3 is 2.33 bits per heavy atom. The molecule has 0 saturated carbocycles. The van der Waals surface area contributed by atoms with Crippen molar-refractivity contribution in [3.05, 3.63) is 63.0 Å². The van der Waals surface area contributed by atoms with E-state index in [0.717, 1.165) is 31.6 Å². The zero-order valence-electron chi connectivity index (χ0n) is 11.5. The molecule has 0 aliphatic heterocycles. The van der Waals surface area contributed by atoms with Crippen LogP contribution in [0, 0.1) is 6.92 Å². The number of nitrogen functional groups attached to an aromatic ring is 1. The van der Waals surface area contributed by atoms with Crippen molar-refractivity contribution >= 4 is 59.7 Å². The lowest BCUT2D eigenvalue weighted by Gasteiger charge is -2.14. The van der Waals surface area contributed by atoms with E-state index in [4.69, 9.17) is 5.73 Å². The molecule has 3 aromatic carbocycles. The average Bonchev–Trinajstić information content (AvgIpc) is 2.48. The van der Waals surface area contributed by atoms with Gasteiger partial charge in [0.2, 0.25) is 0 Å². The Bertz CT molecular complexity index is 828. The van der Waals surface area contributed by atoms with Gasteiger partial charge in [0, 0.05) is 25.7 Å². The van der Waals surface area contributed by atoms with Crippen molar-refractivity contribution in [2.75, 3.05) is 11.1 Å². The molecule has 4 heteroatoms. The van der Waals surface area contributed by atoms with Gasteiger partial charge in [-0.1, -0.05) is 40.2 Å². The number of benzene rings is 3. The summed E-state index contributed by atoms with van der Waals surface area (Å²) in [4.78, 5) is 0. The summed E-state index contributed by atoms with van der Waals surface area (Å²) in [5, 5.41) is 5.85. The van der Waals surface area contributed by atoms with Crippen molar-refractivity contribution in [2.24, 2.45) is 0 Å². The summed E-state index contributed by atoms with van der Waals surface area (Å²) in [6.45, 7) is 2.01. The van der Waals surface area contributed by atoms with E-state index in [2.05, 4.69) is 67.5 Å². The fourth-order valence-electron chi connectivity index (χ4n) is 2.31. The molecule has 3 aromatic rings. The van der Waals surface area contributed by atoms with E-state index in [1.54, 1.807) is 0 Å².